The molecule has 0 heterocycles. The van der Waals surface area contributed by atoms with E-state index in [9.17, 15) is 4.79 Å². The van der Waals surface area contributed by atoms with Crippen LogP contribution in [0.15, 0.2) is 0 Å². The van der Waals surface area contributed by atoms with Crippen LogP contribution in [-0.2, 0) is 14.3 Å². The Balaban J connectivity index is 3.57. The van der Waals surface area contributed by atoms with E-state index in [0.717, 1.165) is 0 Å². The second kappa shape index (κ2) is 5.38. The van der Waals surface area contributed by atoms with Crippen LogP contribution < -0.4 is 0 Å². The molecule has 4 heteroatoms. The van der Waals surface area contributed by atoms with Crippen molar-refractivity contribution < 1.29 is 14.3 Å². The van der Waals surface area contributed by atoms with E-state index in [0.29, 0.717) is 6.61 Å². The molecule has 0 saturated carbocycles. The third-order valence-corrected chi connectivity index (χ3v) is 1.19. The number of carbonyl (C=O) groups is 1. The third-order valence-electron chi connectivity index (χ3n) is 1.01. The van der Waals surface area contributed by atoms with Crippen molar-refractivity contribution in [2.45, 2.75) is 32.4 Å². The van der Waals surface area contributed by atoms with Crippen molar-refractivity contribution in [3.63, 3.8) is 0 Å². The Kier molecular flexibility index (Phi) is 5.24. The summed E-state index contributed by atoms with van der Waals surface area (Å²) in [7, 11) is 0. The number of hydrogen-bond acceptors (Lipinski definition) is 3. The quantitative estimate of drug-likeness (QED) is 0.374. The van der Waals surface area contributed by atoms with Gasteiger partial charge < -0.3 is 9.47 Å². The molecule has 0 aromatic carbocycles. The molecule has 3 nitrogen and oxygen atoms in total. The first-order chi connectivity index (χ1) is 5.07. The van der Waals surface area contributed by atoms with Crippen molar-refractivity contribution in [2.75, 3.05) is 6.61 Å². The molecule has 0 aliphatic heterocycles. The van der Waals surface area contributed by atoms with E-state index >= 15 is 0 Å². The molecule has 0 aromatic rings. The standard InChI is InChI=1S/C7H13ClO3/c1-4-10-6(3)11-7(9)5(2)8/h5-6H,4H2,1-3H3. The highest BCUT2D eigenvalue weighted by molar-refractivity contribution is 6.29. The van der Waals surface area contributed by atoms with Crippen LogP contribution in [0.3, 0.4) is 0 Å². The molecule has 2 unspecified atom stereocenters. The molecule has 0 radical (unpaired) electrons. The van der Waals surface area contributed by atoms with E-state index in [2.05, 4.69) is 0 Å². The Morgan fingerprint density at radius 1 is 1.55 bits per heavy atom. The monoisotopic (exact) mass is 180 g/mol. The molecule has 0 bridgehead atoms. The molecule has 0 rings (SSSR count). The summed E-state index contributed by atoms with van der Waals surface area (Å²) in [5.74, 6) is -0.451. The van der Waals surface area contributed by atoms with Gasteiger partial charge in [0.2, 0.25) is 0 Å². The van der Waals surface area contributed by atoms with E-state index in [1.807, 2.05) is 6.92 Å². The lowest BCUT2D eigenvalue weighted by molar-refractivity contribution is -0.172. The first-order valence-electron chi connectivity index (χ1n) is 3.54. The van der Waals surface area contributed by atoms with Gasteiger partial charge in [0.15, 0.2) is 6.29 Å². The molecule has 0 amide bonds. The minimum Gasteiger partial charge on any atom is -0.435 e. The second-order valence-corrected chi connectivity index (χ2v) is 2.73. The van der Waals surface area contributed by atoms with Gasteiger partial charge in [-0.15, -0.1) is 11.6 Å². The molecule has 0 spiro atoms. The molecule has 0 aliphatic rings. The van der Waals surface area contributed by atoms with Gasteiger partial charge in [-0.25, -0.2) is 0 Å². The first kappa shape index (κ1) is 10.7. The highest BCUT2D eigenvalue weighted by Crippen LogP contribution is 2.01. The molecule has 0 aliphatic carbocycles. The second-order valence-electron chi connectivity index (χ2n) is 2.08. The lowest BCUT2D eigenvalue weighted by Gasteiger charge is -2.13. The van der Waals surface area contributed by atoms with E-state index in [1.54, 1.807) is 13.8 Å². The lowest BCUT2D eigenvalue weighted by atomic mass is 10.5. The maximum atomic E-state index is 10.8. The summed E-state index contributed by atoms with van der Waals surface area (Å²) in [5, 5.41) is -0.613. The summed E-state index contributed by atoms with van der Waals surface area (Å²) in [4.78, 5) is 10.8. The molecule has 0 fully saturated rings. The van der Waals surface area contributed by atoms with E-state index in [1.165, 1.54) is 0 Å². The fourth-order valence-electron chi connectivity index (χ4n) is 0.526. The number of hydrogen-bond donors (Lipinski definition) is 0. The molecule has 0 aromatic heterocycles. The largest absolute Gasteiger partial charge is 0.435 e. The van der Waals surface area contributed by atoms with Gasteiger partial charge >= 0.3 is 5.97 Å². The molecular weight excluding hydrogens is 168 g/mol. The van der Waals surface area contributed by atoms with Crippen molar-refractivity contribution in [3.8, 4) is 0 Å². The van der Waals surface area contributed by atoms with E-state index < -0.39 is 17.6 Å². The average molecular weight is 181 g/mol. The summed E-state index contributed by atoms with van der Waals surface area (Å²) in [6.45, 7) is 5.56. The predicted molar refractivity (Wildman–Crippen MR) is 42.5 cm³/mol. The van der Waals surface area contributed by atoms with Crippen LogP contribution >= 0.6 is 11.6 Å². The molecule has 66 valence electrons. The van der Waals surface area contributed by atoms with Gasteiger partial charge in [-0.05, 0) is 20.8 Å². The van der Waals surface area contributed by atoms with Crippen molar-refractivity contribution >= 4 is 17.6 Å². The summed E-state index contributed by atoms with van der Waals surface area (Å²) in [6.07, 6.45) is -0.506. The lowest BCUT2D eigenvalue weighted by Crippen LogP contribution is -2.22. The molecule has 0 saturated heterocycles. The normalized spacial score (nSPS) is 15.6. The zero-order valence-electron chi connectivity index (χ0n) is 6.96. The van der Waals surface area contributed by atoms with Crippen molar-refractivity contribution in [1.29, 1.82) is 0 Å². The number of halogens is 1. The van der Waals surface area contributed by atoms with Crippen LogP contribution in [0.1, 0.15) is 20.8 Å². The van der Waals surface area contributed by atoms with Gasteiger partial charge in [0.25, 0.3) is 0 Å². The smallest absolute Gasteiger partial charge is 0.326 e. The number of alkyl halides is 1. The molecule has 2 atom stereocenters. The van der Waals surface area contributed by atoms with Crippen molar-refractivity contribution in [2.24, 2.45) is 0 Å². The maximum Gasteiger partial charge on any atom is 0.326 e. The van der Waals surface area contributed by atoms with Crippen LogP contribution in [-0.4, -0.2) is 24.2 Å². The first-order valence-corrected chi connectivity index (χ1v) is 3.97. The highest BCUT2D eigenvalue weighted by Gasteiger charge is 2.13. The SMILES string of the molecule is CCOC(C)OC(=O)C(C)Cl. The molecular formula is C7H13ClO3. The van der Waals surface area contributed by atoms with Gasteiger partial charge in [0, 0.05) is 6.61 Å². The summed E-state index contributed by atoms with van der Waals surface area (Å²) < 4.78 is 9.72. The third kappa shape index (κ3) is 5.04. The minimum atomic E-state index is -0.613. The van der Waals surface area contributed by atoms with Gasteiger partial charge in [0.1, 0.15) is 5.38 Å². The number of carbonyl (C=O) groups excluding carboxylic acids is 1. The summed E-state index contributed by atoms with van der Waals surface area (Å²) >= 11 is 5.44. The Bertz CT molecular complexity index is 125. The van der Waals surface area contributed by atoms with E-state index in [4.69, 9.17) is 21.1 Å². The summed E-state index contributed by atoms with van der Waals surface area (Å²) in [5.41, 5.74) is 0. The Hall–Kier alpha value is -0.280. The van der Waals surface area contributed by atoms with Gasteiger partial charge in [-0.2, -0.15) is 0 Å². The zero-order chi connectivity index (χ0) is 8.85. The minimum absolute atomic E-state index is 0.451. The fraction of sp³-hybridized carbons (Fsp3) is 0.857. The number of rotatable bonds is 4. The number of esters is 1. The van der Waals surface area contributed by atoms with Crippen molar-refractivity contribution in [1.82, 2.24) is 0 Å². The molecule has 0 N–H and O–H groups in total. The zero-order valence-corrected chi connectivity index (χ0v) is 7.72. The predicted octanol–water partition coefficient (Wildman–Crippen LogP) is 1.54. The fourth-order valence-corrected chi connectivity index (χ4v) is 0.577. The molecule has 11 heavy (non-hydrogen) atoms. The Morgan fingerprint density at radius 3 is 2.45 bits per heavy atom. The number of ether oxygens (including phenoxy) is 2. The van der Waals surface area contributed by atoms with Gasteiger partial charge in [-0.3, -0.25) is 4.79 Å². The Labute approximate surface area is 71.6 Å². The topological polar surface area (TPSA) is 35.5 Å². The van der Waals surface area contributed by atoms with Crippen LogP contribution in [0.5, 0.6) is 0 Å². The van der Waals surface area contributed by atoms with Crippen molar-refractivity contribution in [3.05, 3.63) is 0 Å². The van der Waals surface area contributed by atoms with Gasteiger partial charge in [0.05, 0.1) is 0 Å². The van der Waals surface area contributed by atoms with Crippen LogP contribution in [0.4, 0.5) is 0 Å². The van der Waals surface area contributed by atoms with Crippen LogP contribution in [0, 0.1) is 0 Å². The highest BCUT2D eigenvalue weighted by atomic mass is 35.5. The Morgan fingerprint density at radius 2 is 2.09 bits per heavy atom. The van der Waals surface area contributed by atoms with Gasteiger partial charge in [-0.1, -0.05) is 0 Å². The maximum absolute atomic E-state index is 10.8. The summed E-state index contributed by atoms with van der Waals surface area (Å²) in [6, 6.07) is 0. The van der Waals surface area contributed by atoms with Crippen LogP contribution in [0.25, 0.3) is 0 Å². The van der Waals surface area contributed by atoms with Crippen LogP contribution in [0.2, 0.25) is 0 Å². The van der Waals surface area contributed by atoms with E-state index in [-0.39, 0.29) is 0 Å². The average Bonchev–Trinajstić information content (AvgIpc) is 1.87.